The minimum atomic E-state index is -0.441. The molecule has 198 valence electrons. The van der Waals surface area contributed by atoms with E-state index in [-0.39, 0.29) is 12.2 Å². The molecule has 0 bridgehead atoms. The van der Waals surface area contributed by atoms with Gasteiger partial charge in [0.15, 0.2) is 17.3 Å². The van der Waals surface area contributed by atoms with Gasteiger partial charge >= 0.3 is 0 Å². The Morgan fingerprint density at radius 1 is 0.946 bits per heavy atom. The maximum Gasteiger partial charge on any atom is 0.290 e. The summed E-state index contributed by atoms with van der Waals surface area (Å²) in [7, 11) is 6.12. The van der Waals surface area contributed by atoms with Crippen LogP contribution >= 0.6 is 0 Å². The number of hydrogen-bond acceptors (Lipinski definition) is 9. The van der Waals surface area contributed by atoms with Crippen LogP contribution in [0.4, 0.5) is 0 Å². The van der Waals surface area contributed by atoms with Gasteiger partial charge in [-0.05, 0) is 37.1 Å². The maximum atomic E-state index is 12.9. The third-order valence-corrected chi connectivity index (χ3v) is 5.52. The van der Waals surface area contributed by atoms with Crippen LogP contribution in [0.15, 0.2) is 36.4 Å². The fourth-order valence-corrected chi connectivity index (χ4v) is 3.65. The first kappa shape index (κ1) is 27.3. The minimum absolute atomic E-state index is 0.0220. The lowest BCUT2D eigenvalue weighted by molar-refractivity contribution is -0.129. The van der Waals surface area contributed by atoms with E-state index in [2.05, 4.69) is 15.4 Å². The van der Waals surface area contributed by atoms with Crippen LogP contribution in [-0.2, 0) is 4.79 Å². The van der Waals surface area contributed by atoms with Gasteiger partial charge in [0.2, 0.25) is 17.5 Å². The molecule has 0 saturated heterocycles. The molecule has 37 heavy (non-hydrogen) atoms. The molecule has 3 N–H and O–H groups in total. The van der Waals surface area contributed by atoms with E-state index in [1.807, 2.05) is 12.1 Å². The number of hydrogen-bond donors (Lipinski definition) is 3. The second-order valence-corrected chi connectivity index (χ2v) is 7.89. The zero-order valence-electron chi connectivity index (χ0n) is 21.2. The molecule has 0 atom stereocenters. The summed E-state index contributed by atoms with van der Waals surface area (Å²) < 4.78 is 23.3. The molecule has 0 unspecified atom stereocenters. The molecule has 3 rings (SSSR count). The van der Waals surface area contributed by atoms with Gasteiger partial charge in [-0.1, -0.05) is 12.5 Å². The van der Waals surface area contributed by atoms with E-state index < -0.39 is 11.8 Å². The lowest BCUT2D eigenvalue weighted by Gasteiger charge is -2.14. The zero-order valence-corrected chi connectivity index (χ0v) is 21.2. The van der Waals surface area contributed by atoms with Gasteiger partial charge in [0.1, 0.15) is 5.75 Å². The van der Waals surface area contributed by atoms with Crippen LogP contribution in [0.25, 0.3) is 17.1 Å². The zero-order chi connectivity index (χ0) is 26.8. The summed E-state index contributed by atoms with van der Waals surface area (Å²) in [6, 6.07) is 10.7. The molecular weight excluding hydrogens is 482 g/mol. The highest BCUT2D eigenvalue weighted by molar-refractivity contribution is 5.91. The number of aromatic nitrogens is 3. The predicted octanol–water partition coefficient (Wildman–Crippen LogP) is 2.76. The Kier molecular flexibility index (Phi) is 9.67. The number of methoxy groups -OCH3 is 4. The summed E-state index contributed by atoms with van der Waals surface area (Å²) in [6.45, 7) is 0.382. The Balaban J connectivity index is 1.92. The number of hydroxylamine groups is 1. The van der Waals surface area contributed by atoms with Crippen molar-refractivity contribution in [1.29, 1.82) is 0 Å². The van der Waals surface area contributed by atoms with Crippen molar-refractivity contribution in [1.82, 2.24) is 25.6 Å². The van der Waals surface area contributed by atoms with E-state index in [1.165, 1.54) is 21.3 Å². The quantitative estimate of drug-likeness (QED) is 0.178. The first-order valence-corrected chi connectivity index (χ1v) is 11.6. The van der Waals surface area contributed by atoms with Gasteiger partial charge in [0.25, 0.3) is 5.91 Å². The van der Waals surface area contributed by atoms with Crippen molar-refractivity contribution in [2.75, 3.05) is 35.0 Å². The number of amides is 2. The van der Waals surface area contributed by atoms with Crippen molar-refractivity contribution < 1.29 is 33.7 Å². The largest absolute Gasteiger partial charge is 0.497 e. The fourth-order valence-electron chi connectivity index (χ4n) is 3.65. The molecule has 12 nitrogen and oxygen atoms in total. The second kappa shape index (κ2) is 13.1. The number of ether oxygens (including phenoxy) is 4. The third-order valence-electron chi connectivity index (χ3n) is 5.52. The van der Waals surface area contributed by atoms with Crippen molar-refractivity contribution in [2.45, 2.75) is 25.7 Å². The summed E-state index contributed by atoms with van der Waals surface area (Å²) in [5, 5.41) is 15.8. The summed E-state index contributed by atoms with van der Waals surface area (Å²) in [5.41, 5.74) is 2.82. The molecule has 0 aliphatic heterocycles. The van der Waals surface area contributed by atoms with Gasteiger partial charge in [0, 0.05) is 24.6 Å². The van der Waals surface area contributed by atoms with Crippen molar-refractivity contribution in [3.8, 4) is 40.1 Å². The standard InChI is InChI=1S/C25H31N5O7/c1-34-18-10-8-9-17(15-18)30-24(16-13-19(35-2)22(37-4)20(14-16)36-3)27-23(28-30)25(32)26-12-7-5-6-11-21(31)29-33/h8-10,13-15,33H,5-7,11-12H2,1-4H3,(H,26,32)(H,29,31). The normalized spacial score (nSPS) is 10.5. The third kappa shape index (κ3) is 6.67. The molecule has 1 aromatic heterocycles. The van der Waals surface area contributed by atoms with E-state index in [1.54, 1.807) is 41.5 Å². The minimum Gasteiger partial charge on any atom is -0.497 e. The molecule has 0 spiro atoms. The lowest BCUT2D eigenvalue weighted by Crippen LogP contribution is -2.25. The first-order chi connectivity index (χ1) is 17.9. The van der Waals surface area contributed by atoms with Crippen LogP contribution in [0.3, 0.4) is 0 Å². The van der Waals surface area contributed by atoms with E-state index in [4.69, 9.17) is 24.2 Å². The smallest absolute Gasteiger partial charge is 0.290 e. The van der Waals surface area contributed by atoms with Crippen LogP contribution in [-0.4, -0.2) is 66.8 Å². The summed E-state index contributed by atoms with van der Waals surface area (Å²) in [5.74, 6) is 1.38. The number of benzene rings is 2. The van der Waals surface area contributed by atoms with Gasteiger partial charge in [0.05, 0.1) is 34.1 Å². The van der Waals surface area contributed by atoms with Gasteiger partial charge in [-0.2, -0.15) is 0 Å². The number of rotatable bonds is 13. The Morgan fingerprint density at radius 3 is 2.30 bits per heavy atom. The molecule has 0 radical (unpaired) electrons. The molecular formula is C25H31N5O7. The predicted molar refractivity (Wildman–Crippen MR) is 134 cm³/mol. The van der Waals surface area contributed by atoms with Gasteiger partial charge < -0.3 is 24.3 Å². The number of carbonyl (C=O) groups excluding carboxylic acids is 2. The molecule has 12 heteroatoms. The Morgan fingerprint density at radius 2 is 1.68 bits per heavy atom. The van der Waals surface area contributed by atoms with Crippen molar-refractivity contribution in [3.05, 3.63) is 42.2 Å². The molecule has 2 amide bonds. The fraction of sp³-hybridized carbons (Fsp3) is 0.360. The lowest BCUT2D eigenvalue weighted by atomic mass is 10.1. The van der Waals surface area contributed by atoms with Gasteiger partial charge in [-0.25, -0.2) is 15.1 Å². The molecule has 1 heterocycles. The maximum absolute atomic E-state index is 12.9. The van der Waals surface area contributed by atoms with Crippen LogP contribution in [0.2, 0.25) is 0 Å². The average molecular weight is 514 g/mol. The highest BCUT2D eigenvalue weighted by Gasteiger charge is 2.22. The van der Waals surface area contributed by atoms with Crippen LogP contribution < -0.4 is 29.7 Å². The molecule has 3 aromatic rings. The number of unbranched alkanes of at least 4 members (excludes halogenated alkanes) is 2. The van der Waals surface area contributed by atoms with Crippen molar-refractivity contribution in [3.63, 3.8) is 0 Å². The van der Waals surface area contributed by atoms with Gasteiger partial charge in [-0.3, -0.25) is 14.8 Å². The van der Waals surface area contributed by atoms with E-state index in [9.17, 15) is 9.59 Å². The monoisotopic (exact) mass is 513 g/mol. The van der Waals surface area contributed by atoms with E-state index in [0.717, 1.165) is 0 Å². The Hall–Kier alpha value is -4.32. The molecule has 0 fully saturated rings. The van der Waals surface area contributed by atoms with Crippen LogP contribution in [0, 0.1) is 0 Å². The van der Waals surface area contributed by atoms with Crippen molar-refractivity contribution in [2.24, 2.45) is 0 Å². The number of nitrogens with zero attached hydrogens (tertiary/aromatic N) is 3. The molecule has 0 aliphatic rings. The van der Waals surface area contributed by atoms with Crippen molar-refractivity contribution >= 4 is 11.8 Å². The van der Waals surface area contributed by atoms with E-state index in [0.29, 0.717) is 65.9 Å². The topological polar surface area (TPSA) is 146 Å². The summed E-state index contributed by atoms with van der Waals surface area (Å²) in [4.78, 5) is 28.5. The Bertz CT molecular complexity index is 1200. The number of carbonyl (C=O) groups is 2. The summed E-state index contributed by atoms with van der Waals surface area (Å²) >= 11 is 0. The van der Waals surface area contributed by atoms with Gasteiger partial charge in [-0.15, -0.1) is 5.10 Å². The molecule has 0 saturated carbocycles. The van der Waals surface area contributed by atoms with Crippen LogP contribution in [0.5, 0.6) is 23.0 Å². The van der Waals surface area contributed by atoms with E-state index >= 15 is 0 Å². The highest BCUT2D eigenvalue weighted by atomic mass is 16.5. The second-order valence-electron chi connectivity index (χ2n) is 7.89. The molecule has 0 aliphatic carbocycles. The summed E-state index contributed by atoms with van der Waals surface area (Å²) in [6.07, 6.45) is 2.17. The first-order valence-electron chi connectivity index (χ1n) is 11.6. The average Bonchev–Trinajstić information content (AvgIpc) is 3.39. The van der Waals surface area contributed by atoms with Crippen LogP contribution in [0.1, 0.15) is 36.3 Å². The highest BCUT2D eigenvalue weighted by Crippen LogP contribution is 2.41. The SMILES string of the molecule is COc1cccc(-n2nc(C(=O)NCCCCCC(=O)NO)nc2-c2cc(OC)c(OC)c(OC)c2)c1. The number of nitrogens with one attached hydrogen (secondary N) is 2. The Labute approximate surface area is 214 Å². The molecule has 2 aromatic carbocycles.